The van der Waals surface area contributed by atoms with E-state index in [4.69, 9.17) is 9.47 Å². The van der Waals surface area contributed by atoms with Gasteiger partial charge in [0.2, 0.25) is 0 Å². The Kier molecular flexibility index (Phi) is 6.60. The molecule has 1 amide bonds. The first kappa shape index (κ1) is 19.8. The standard InChI is InChI=1S/C21H21FN2O3S/c1-14-19(28-21(24-14)15-6-5-7-16(22)12-15)10-11-23-20(25)13-27-18-9-4-3-8-17(18)26-2/h3-9,12H,10-11,13H2,1-2H3,(H,23,25). The van der Waals surface area contributed by atoms with Gasteiger partial charge in [-0.15, -0.1) is 11.3 Å². The van der Waals surface area contributed by atoms with E-state index in [9.17, 15) is 9.18 Å². The van der Waals surface area contributed by atoms with E-state index in [1.807, 2.05) is 25.1 Å². The molecule has 3 aromatic rings. The molecule has 146 valence electrons. The minimum atomic E-state index is -0.283. The molecule has 1 N–H and O–H groups in total. The van der Waals surface area contributed by atoms with Crippen molar-refractivity contribution < 1.29 is 18.7 Å². The number of thiazole rings is 1. The van der Waals surface area contributed by atoms with Gasteiger partial charge in [0.25, 0.3) is 5.91 Å². The predicted octanol–water partition coefficient (Wildman–Crippen LogP) is 4.00. The number of amides is 1. The van der Waals surface area contributed by atoms with Crippen LogP contribution in [-0.2, 0) is 11.2 Å². The summed E-state index contributed by atoms with van der Waals surface area (Å²) in [6.45, 7) is 2.30. The summed E-state index contributed by atoms with van der Waals surface area (Å²) in [4.78, 5) is 17.6. The van der Waals surface area contributed by atoms with Gasteiger partial charge < -0.3 is 14.8 Å². The van der Waals surface area contributed by atoms with Gasteiger partial charge >= 0.3 is 0 Å². The molecule has 0 saturated heterocycles. The molecule has 1 heterocycles. The highest BCUT2D eigenvalue weighted by Gasteiger charge is 2.11. The predicted molar refractivity (Wildman–Crippen MR) is 107 cm³/mol. The summed E-state index contributed by atoms with van der Waals surface area (Å²) in [6.07, 6.45) is 0.652. The molecule has 0 spiro atoms. The highest BCUT2D eigenvalue weighted by Crippen LogP contribution is 2.28. The van der Waals surface area contributed by atoms with Crippen LogP contribution in [0.15, 0.2) is 48.5 Å². The Morgan fingerprint density at radius 2 is 1.96 bits per heavy atom. The monoisotopic (exact) mass is 400 g/mol. The van der Waals surface area contributed by atoms with Gasteiger partial charge in [-0.1, -0.05) is 24.3 Å². The molecule has 1 aromatic heterocycles. The molecule has 0 aliphatic carbocycles. The first-order valence-electron chi connectivity index (χ1n) is 8.81. The summed E-state index contributed by atoms with van der Waals surface area (Å²) in [5.41, 5.74) is 1.65. The fraction of sp³-hybridized carbons (Fsp3) is 0.238. The normalized spacial score (nSPS) is 10.5. The number of para-hydroxylation sites is 2. The number of carbonyl (C=O) groups is 1. The number of benzene rings is 2. The van der Waals surface area contributed by atoms with Gasteiger partial charge in [-0.2, -0.15) is 0 Å². The number of aromatic nitrogens is 1. The van der Waals surface area contributed by atoms with Crippen LogP contribution >= 0.6 is 11.3 Å². The zero-order chi connectivity index (χ0) is 19.9. The first-order chi connectivity index (χ1) is 13.6. The minimum Gasteiger partial charge on any atom is -0.493 e. The van der Waals surface area contributed by atoms with Gasteiger partial charge in [0.05, 0.1) is 12.8 Å². The van der Waals surface area contributed by atoms with Crippen LogP contribution in [0.3, 0.4) is 0 Å². The van der Waals surface area contributed by atoms with E-state index in [-0.39, 0.29) is 18.3 Å². The molecule has 7 heteroatoms. The van der Waals surface area contributed by atoms with Gasteiger partial charge in [-0.05, 0) is 31.2 Å². The number of methoxy groups -OCH3 is 1. The van der Waals surface area contributed by atoms with Crippen LogP contribution in [0.4, 0.5) is 4.39 Å². The average Bonchev–Trinajstić information content (AvgIpc) is 3.07. The lowest BCUT2D eigenvalue weighted by atomic mass is 10.2. The number of aryl methyl sites for hydroxylation is 1. The molecule has 3 rings (SSSR count). The Bertz CT molecular complexity index is 958. The second-order valence-corrected chi connectivity index (χ2v) is 7.16. The third-order valence-corrected chi connectivity index (χ3v) is 5.33. The lowest BCUT2D eigenvalue weighted by molar-refractivity contribution is -0.123. The molecule has 0 atom stereocenters. The number of carbonyl (C=O) groups excluding carboxylic acids is 1. The van der Waals surface area contributed by atoms with E-state index < -0.39 is 0 Å². The lowest BCUT2D eigenvalue weighted by Gasteiger charge is -2.10. The van der Waals surface area contributed by atoms with Crippen molar-refractivity contribution in [2.75, 3.05) is 20.3 Å². The van der Waals surface area contributed by atoms with Crippen molar-refractivity contribution >= 4 is 17.2 Å². The number of hydrogen-bond donors (Lipinski definition) is 1. The smallest absolute Gasteiger partial charge is 0.257 e. The van der Waals surface area contributed by atoms with Crippen molar-refractivity contribution in [3.05, 3.63) is 64.9 Å². The van der Waals surface area contributed by atoms with E-state index in [1.54, 1.807) is 25.3 Å². The number of nitrogens with zero attached hydrogens (tertiary/aromatic N) is 1. The van der Waals surface area contributed by atoms with Gasteiger partial charge in [-0.3, -0.25) is 4.79 Å². The highest BCUT2D eigenvalue weighted by molar-refractivity contribution is 7.15. The van der Waals surface area contributed by atoms with Crippen molar-refractivity contribution in [3.63, 3.8) is 0 Å². The number of ether oxygens (including phenoxy) is 2. The molecule has 2 aromatic carbocycles. The quantitative estimate of drug-likeness (QED) is 0.621. The second-order valence-electron chi connectivity index (χ2n) is 6.08. The summed E-state index contributed by atoms with van der Waals surface area (Å²) in [5, 5.41) is 3.61. The van der Waals surface area contributed by atoms with Crippen molar-refractivity contribution in [2.24, 2.45) is 0 Å². The number of halogens is 1. The molecule has 5 nitrogen and oxygen atoms in total. The van der Waals surface area contributed by atoms with Crippen molar-refractivity contribution in [3.8, 4) is 22.1 Å². The Morgan fingerprint density at radius 1 is 1.18 bits per heavy atom. The summed E-state index contributed by atoms with van der Waals surface area (Å²) < 4.78 is 24.1. The summed E-state index contributed by atoms with van der Waals surface area (Å²) in [6, 6.07) is 13.6. The van der Waals surface area contributed by atoms with E-state index in [0.717, 1.165) is 21.1 Å². The Hall–Kier alpha value is -2.93. The average molecular weight is 400 g/mol. The van der Waals surface area contributed by atoms with Crippen LogP contribution in [-0.4, -0.2) is 31.2 Å². The summed E-state index contributed by atoms with van der Waals surface area (Å²) in [5.74, 6) is 0.617. The van der Waals surface area contributed by atoms with E-state index in [1.165, 1.54) is 23.5 Å². The number of rotatable bonds is 8. The van der Waals surface area contributed by atoms with E-state index >= 15 is 0 Å². The molecule has 0 saturated carbocycles. The molecule has 0 fully saturated rings. The van der Waals surface area contributed by atoms with Gasteiger partial charge in [-0.25, -0.2) is 9.37 Å². The first-order valence-corrected chi connectivity index (χ1v) is 9.63. The molecule has 0 unspecified atom stereocenters. The molecule has 0 bridgehead atoms. The molecule has 0 aliphatic rings. The zero-order valence-electron chi connectivity index (χ0n) is 15.7. The number of hydrogen-bond acceptors (Lipinski definition) is 5. The zero-order valence-corrected chi connectivity index (χ0v) is 16.5. The van der Waals surface area contributed by atoms with Crippen LogP contribution in [0.5, 0.6) is 11.5 Å². The Morgan fingerprint density at radius 3 is 2.71 bits per heavy atom. The third kappa shape index (κ3) is 5.07. The van der Waals surface area contributed by atoms with Crippen LogP contribution in [0, 0.1) is 12.7 Å². The maximum absolute atomic E-state index is 13.4. The molecule has 0 radical (unpaired) electrons. The Balaban J connectivity index is 1.50. The van der Waals surface area contributed by atoms with Crippen LogP contribution in [0.25, 0.3) is 10.6 Å². The van der Waals surface area contributed by atoms with E-state index in [2.05, 4.69) is 10.3 Å². The molecular formula is C21H21FN2O3S. The maximum Gasteiger partial charge on any atom is 0.257 e. The minimum absolute atomic E-state index is 0.0867. The fourth-order valence-electron chi connectivity index (χ4n) is 2.65. The summed E-state index contributed by atoms with van der Waals surface area (Å²) in [7, 11) is 1.55. The van der Waals surface area contributed by atoms with E-state index in [0.29, 0.717) is 24.5 Å². The second kappa shape index (κ2) is 9.32. The van der Waals surface area contributed by atoms with Crippen molar-refractivity contribution in [1.82, 2.24) is 10.3 Å². The number of nitrogens with one attached hydrogen (secondary N) is 1. The van der Waals surface area contributed by atoms with Crippen molar-refractivity contribution in [1.29, 1.82) is 0 Å². The lowest BCUT2D eigenvalue weighted by Crippen LogP contribution is -2.30. The van der Waals surface area contributed by atoms with Gasteiger partial charge in [0, 0.05) is 23.4 Å². The fourth-order valence-corrected chi connectivity index (χ4v) is 3.71. The van der Waals surface area contributed by atoms with Crippen LogP contribution < -0.4 is 14.8 Å². The van der Waals surface area contributed by atoms with Crippen LogP contribution in [0.2, 0.25) is 0 Å². The largest absolute Gasteiger partial charge is 0.493 e. The maximum atomic E-state index is 13.4. The SMILES string of the molecule is COc1ccccc1OCC(=O)NCCc1sc(-c2cccc(F)c2)nc1C. The van der Waals surface area contributed by atoms with Crippen LogP contribution in [0.1, 0.15) is 10.6 Å². The summed E-state index contributed by atoms with van der Waals surface area (Å²) >= 11 is 1.51. The van der Waals surface area contributed by atoms with Crippen molar-refractivity contribution in [2.45, 2.75) is 13.3 Å². The topological polar surface area (TPSA) is 60.5 Å². The highest BCUT2D eigenvalue weighted by atomic mass is 32.1. The third-order valence-electron chi connectivity index (χ3n) is 4.07. The molecular weight excluding hydrogens is 379 g/mol. The van der Waals surface area contributed by atoms with Gasteiger partial charge in [0.15, 0.2) is 18.1 Å². The molecule has 28 heavy (non-hydrogen) atoms. The van der Waals surface area contributed by atoms with Gasteiger partial charge in [0.1, 0.15) is 10.8 Å². The Labute approximate surface area is 167 Å². The molecule has 0 aliphatic heterocycles.